The van der Waals surface area contributed by atoms with Gasteiger partial charge in [0.25, 0.3) is 12.3 Å². The zero-order valence-corrected chi connectivity index (χ0v) is 17.8. The van der Waals surface area contributed by atoms with Crippen molar-refractivity contribution in [2.24, 2.45) is 0 Å². The minimum absolute atomic E-state index is 0.0114. The van der Waals surface area contributed by atoms with E-state index in [-0.39, 0.29) is 23.2 Å². The Morgan fingerprint density at radius 3 is 2.59 bits per heavy atom. The summed E-state index contributed by atoms with van der Waals surface area (Å²) >= 11 is 0. The van der Waals surface area contributed by atoms with Crippen LogP contribution in [0.2, 0.25) is 0 Å². The van der Waals surface area contributed by atoms with E-state index in [9.17, 15) is 27.1 Å². The Labute approximate surface area is 189 Å². The van der Waals surface area contributed by atoms with Gasteiger partial charge in [-0.3, -0.25) is 9.25 Å². The molecule has 0 bridgehead atoms. The topological polar surface area (TPSA) is 87.2 Å². The molecule has 0 aliphatic heterocycles. The van der Waals surface area contributed by atoms with Gasteiger partial charge in [-0.2, -0.15) is 18.3 Å². The van der Waals surface area contributed by atoms with Gasteiger partial charge in [0.05, 0.1) is 35.6 Å². The van der Waals surface area contributed by atoms with Crippen LogP contribution in [0.15, 0.2) is 36.9 Å². The summed E-state index contributed by atoms with van der Waals surface area (Å²) in [6.07, 6.45) is -1.89. The summed E-state index contributed by atoms with van der Waals surface area (Å²) in [5.74, 6) is -0.175. The van der Waals surface area contributed by atoms with Gasteiger partial charge in [0.2, 0.25) is 5.88 Å². The largest absolute Gasteiger partial charge is 0.494 e. The Bertz CT molecular complexity index is 1330. The van der Waals surface area contributed by atoms with E-state index in [1.54, 1.807) is 13.0 Å². The Hall–Kier alpha value is -3.90. The highest BCUT2D eigenvalue weighted by Gasteiger charge is 2.28. The van der Waals surface area contributed by atoms with E-state index in [1.807, 2.05) is 0 Å². The van der Waals surface area contributed by atoms with Crippen LogP contribution in [0.5, 0.6) is 17.5 Å². The third-order valence-electron chi connectivity index (χ3n) is 4.86. The van der Waals surface area contributed by atoms with E-state index >= 15 is 0 Å². The van der Waals surface area contributed by atoms with Gasteiger partial charge in [-0.05, 0) is 24.6 Å². The van der Waals surface area contributed by atoms with Crippen LogP contribution in [-0.2, 0) is 6.54 Å². The third-order valence-corrected chi connectivity index (χ3v) is 4.86. The number of aryl methyl sites for hydroxylation is 1. The van der Waals surface area contributed by atoms with E-state index in [4.69, 9.17) is 9.47 Å². The zero-order chi connectivity index (χ0) is 24.6. The van der Waals surface area contributed by atoms with Crippen LogP contribution >= 0.6 is 0 Å². The van der Waals surface area contributed by atoms with E-state index in [0.29, 0.717) is 27.7 Å². The number of aromatic nitrogens is 5. The van der Waals surface area contributed by atoms with Crippen molar-refractivity contribution in [3.8, 4) is 34.5 Å². The van der Waals surface area contributed by atoms with E-state index in [0.717, 1.165) is 10.9 Å². The normalized spacial score (nSPS) is 12.0. The van der Waals surface area contributed by atoms with E-state index in [1.165, 1.54) is 36.3 Å². The molecule has 0 aliphatic rings. The number of fused-ring (bicyclic) bond motifs is 1. The first-order valence-corrected chi connectivity index (χ1v) is 9.82. The monoisotopic (exact) mass is 483 g/mol. The lowest BCUT2D eigenvalue weighted by molar-refractivity contribution is -0.142. The third kappa shape index (κ3) is 4.72. The predicted octanol–water partition coefficient (Wildman–Crippen LogP) is 4.51. The van der Waals surface area contributed by atoms with Gasteiger partial charge >= 0.3 is 6.18 Å². The Morgan fingerprint density at radius 1 is 1.15 bits per heavy atom. The number of nitrogens with zero attached hydrogens (tertiary/aromatic N) is 5. The van der Waals surface area contributed by atoms with Crippen molar-refractivity contribution < 1.29 is 36.5 Å². The molecule has 4 rings (SSSR count). The molecule has 0 aliphatic carbocycles. The predicted molar refractivity (Wildman–Crippen MR) is 111 cm³/mol. The van der Waals surface area contributed by atoms with Gasteiger partial charge in [-0.15, -0.1) is 0 Å². The van der Waals surface area contributed by atoms with Gasteiger partial charge in [0.15, 0.2) is 5.75 Å². The Kier molecular flexibility index (Phi) is 6.02. The number of ether oxygens (including phenoxy) is 2. The molecule has 0 unspecified atom stereocenters. The Balaban J connectivity index is 1.73. The van der Waals surface area contributed by atoms with Gasteiger partial charge in [0.1, 0.15) is 13.2 Å². The fourth-order valence-corrected chi connectivity index (χ4v) is 3.46. The van der Waals surface area contributed by atoms with Gasteiger partial charge in [-0.25, -0.2) is 18.7 Å². The van der Waals surface area contributed by atoms with Crippen molar-refractivity contribution in [2.75, 3.05) is 13.7 Å². The fraction of sp³-hybridized carbons (Fsp3) is 0.286. The molecule has 1 N–H and O–H groups in total. The summed E-state index contributed by atoms with van der Waals surface area (Å²) < 4.78 is 75.2. The minimum atomic E-state index is -4.44. The molecule has 180 valence electrons. The van der Waals surface area contributed by atoms with Gasteiger partial charge in [0, 0.05) is 24.2 Å². The molecule has 34 heavy (non-hydrogen) atoms. The maximum atomic E-state index is 12.6. The van der Waals surface area contributed by atoms with Crippen LogP contribution < -0.4 is 9.47 Å². The number of hydrogen-bond donors (Lipinski definition) is 1. The Morgan fingerprint density at radius 2 is 1.91 bits per heavy atom. The highest BCUT2D eigenvalue weighted by atomic mass is 19.4. The molecule has 4 heterocycles. The number of rotatable bonds is 7. The minimum Gasteiger partial charge on any atom is -0.494 e. The van der Waals surface area contributed by atoms with Crippen molar-refractivity contribution in [3.05, 3.63) is 42.5 Å². The molecule has 4 aromatic rings. The number of pyridine rings is 2. The molecule has 0 radical (unpaired) electrons. The average Bonchev–Trinajstić information content (AvgIpc) is 3.34. The summed E-state index contributed by atoms with van der Waals surface area (Å²) in [4.78, 5) is 8.57. The smallest absolute Gasteiger partial charge is 0.408 e. The number of aromatic hydroxyl groups is 1. The summed E-state index contributed by atoms with van der Waals surface area (Å²) in [6.45, 7) is -0.391. The second kappa shape index (κ2) is 8.80. The second-order valence-electron chi connectivity index (χ2n) is 7.35. The number of methoxy groups -OCH3 is 1. The van der Waals surface area contributed by atoms with Crippen LogP contribution in [0.1, 0.15) is 5.56 Å². The lowest BCUT2D eigenvalue weighted by Gasteiger charge is -2.11. The van der Waals surface area contributed by atoms with Crippen LogP contribution in [0.3, 0.4) is 0 Å². The molecule has 0 atom stereocenters. The molecule has 13 heteroatoms. The molecule has 8 nitrogen and oxygen atoms in total. The number of hydrogen-bond acceptors (Lipinski definition) is 6. The molecular weight excluding hydrogens is 465 g/mol. The van der Waals surface area contributed by atoms with Crippen molar-refractivity contribution in [1.82, 2.24) is 24.3 Å². The second-order valence-corrected chi connectivity index (χ2v) is 7.35. The van der Waals surface area contributed by atoms with Crippen molar-refractivity contribution in [2.45, 2.75) is 26.1 Å². The zero-order valence-electron chi connectivity index (χ0n) is 17.8. The molecule has 0 saturated heterocycles. The fourth-order valence-electron chi connectivity index (χ4n) is 3.46. The highest BCUT2D eigenvalue weighted by molar-refractivity contribution is 5.90. The molecule has 0 spiro atoms. The molecule has 4 aromatic heterocycles. The summed E-state index contributed by atoms with van der Waals surface area (Å²) in [5.41, 5.74) is 2.04. The van der Waals surface area contributed by atoms with Crippen LogP contribution in [0, 0.1) is 6.92 Å². The van der Waals surface area contributed by atoms with Crippen molar-refractivity contribution >= 4 is 10.9 Å². The highest BCUT2D eigenvalue weighted by Crippen LogP contribution is 2.36. The SMILES string of the molecule is COc1ncc(-c2cc(C)c3c(O)n(-c4cnn(CC(F)(F)F)c4)cc3n2)cc1OCC(F)F. The first kappa shape index (κ1) is 23.3. The number of halogens is 5. The summed E-state index contributed by atoms with van der Waals surface area (Å²) in [5, 5.41) is 14.8. The molecule has 0 aromatic carbocycles. The molecule has 0 fully saturated rings. The lowest BCUT2D eigenvalue weighted by atomic mass is 10.1. The molecule has 0 amide bonds. The van der Waals surface area contributed by atoms with Crippen molar-refractivity contribution in [3.63, 3.8) is 0 Å². The van der Waals surface area contributed by atoms with Gasteiger partial charge < -0.3 is 14.6 Å². The van der Waals surface area contributed by atoms with Crippen LogP contribution in [0.4, 0.5) is 22.0 Å². The molecule has 0 saturated carbocycles. The quantitative estimate of drug-likeness (QED) is 0.389. The van der Waals surface area contributed by atoms with Crippen LogP contribution in [0.25, 0.3) is 27.8 Å². The summed E-state index contributed by atoms with van der Waals surface area (Å²) in [7, 11) is 1.33. The van der Waals surface area contributed by atoms with E-state index in [2.05, 4.69) is 15.1 Å². The standard InChI is InChI=1S/C21H18F5N5O3/c1-11-3-14(12-4-16(34-9-17(22)23)19(33-2)27-5-12)29-15-8-31(20(32)18(11)15)13-6-28-30(7-13)10-21(24,25)26/h3-8,17,32H,9-10H2,1-2H3. The van der Waals surface area contributed by atoms with Gasteiger partial charge in [-0.1, -0.05) is 0 Å². The number of alkyl halides is 5. The van der Waals surface area contributed by atoms with Crippen LogP contribution in [-0.4, -0.2) is 55.7 Å². The average molecular weight is 483 g/mol. The maximum Gasteiger partial charge on any atom is 0.408 e. The first-order chi connectivity index (χ1) is 16.1. The van der Waals surface area contributed by atoms with Crippen molar-refractivity contribution in [1.29, 1.82) is 0 Å². The van der Waals surface area contributed by atoms with E-state index < -0.39 is 25.8 Å². The maximum absolute atomic E-state index is 12.6. The first-order valence-electron chi connectivity index (χ1n) is 9.82. The lowest BCUT2D eigenvalue weighted by Crippen LogP contribution is -2.17. The summed E-state index contributed by atoms with van der Waals surface area (Å²) in [6, 6.07) is 3.11. The molecular formula is C21H18F5N5O3.